The van der Waals surface area contributed by atoms with Crippen LogP contribution in [0.3, 0.4) is 0 Å². The maximum Gasteiger partial charge on any atom is 0.247 e. The number of halogens is 1. The van der Waals surface area contributed by atoms with Gasteiger partial charge >= 0.3 is 0 Å². The average Bonchev–Trinajstić information content (AvgIpc) is 1.98. The first kappa shape index (κ1) is 9.65. The summed E-state index contributed by atoms with van der Waals surface area (Å²) in [4.78, 5) is 12.4. The van der Waals surface area contributed by atoms with Gasteiger partial charge in [-0.15, -0.1) is 0 Å². The third-order valence-corrected chi connectivity index (χ3v) is 1.61. The van der Waals surface area contributed by atoms with Gasteiger partial charge in [-0.25, -0.2) is 0 Å². The molecule has 1 amide bonds. The van der Waals surface area contributed by atoms with Gasteiger partial charge in [-0.05, 0) is 11.9 Å². The van der Waals surface area contributed by atoms with Crippen LogP contribution in [-0.4, -0.2) is 24.2 Å². The van der Waals surface area contributed by atoms with Gasteiger partial charge in [0.15, 0.2) is 0 Å². The summed E-state index contributed by atoms with van der Waals surface area (Å²) in [7, 11) is 0. The number of nitrogens with one attached hydrogen (secondary N) is 1. The lowest BCUT2D eigenvalue weighted by Gasteiger charge is -2.00. The van der Waals surface area contributed by atoms with Crippen LogP contribution >= 0.6 is 15.9 Å². The summed E-state index contributed by atoms with van der Waals surface area (Å²) in [5, 5.41) is 10.8. The van der Waals surface area contributed by atoms with Gasteiger partial charge in [0.25, 0.3) is 0 Å². The van der Waals surface area contributed by atoms with Crippen molar-refractivity contribution in [2.24, 2.45) is 0 Å². The van der Waals surface area contributed by atoms with Crippen LogP contribution in [0.4, 0.5) is 0 Å². The van der Waals surface area contributed by atoms with E-state index in [1.165, 1.54) is 0 Å². The molecule has 4 heteroatoms. The lowest BCUT2D eigenvalue weighted by atomic mass is 10.3. The molecule has 0 aromatic heterocycles. The molecule has 0 aromatic carbocycles. The Labute approximate surface area is 68.2 Å². The fourth-order valence-corrected chi connectivity index (χ4v) is 0.566. The number of carbonyl (C=O) groups is 1. The molecule has 0 aliphatic carbocycles. The van der Waals surface area contributed by atoms with Gasteiger partial charge < -0.3 is 10.4 Å². The number of rotatable bonds is 3. The van der Waals surface area contributed by atoms with Gasteiger partial charge in [-0.3, -0.25) is 4.79 Å². The van der Waals surface area contributed by atoms with E-state index in [1.807, 2.05) is 0 Å². The molecule has 0 unspecified atom stereocenters. The Balaban J connectivity index is 3.63. The minimum absolute atomic E-state index is 0.0265. The zero-order valence-corrected chi connectivity index (χ0v) is 7.31. The number of aliphatic hydroxyl groups excluding tert-OH is 1. The molecule has 0 heterocycles. The lowest BCUT2D eigenvalue weighted by molar-refractivity contribution is -0.117. The van der Waals surface area contributed by atoms with E-state index in [2.05, 4.69) is 21.2 Å². The Morgan fingerprint density at radius 2 is 2.40 bits per heavy atom. The van der Waals surface area contributed by atoms with Crippen LogP contribution in [0, 0.1) is 0 Å². The molecule has 0 saturated heterocycles. The van der Waals surface area contributed by atoms with E-state index >= 15 is 0 Å². The van der Waals surface area contributed by atoms with Crippen molar-refractivity contribution >= 4 is 21.8 Å². The fourth-order valence-electron chi connectivity index (χ4n) is 0.358. The average molecular weight is 208 g/mol. The van der Waals surface area contributed by atoms with Gasteiger partial charge in [0.1, 0.15) is 0 Å². The van der Waals surface area contributed by atoms with E-state index in [9.17, 15) is 4.79 Å². The second-order valence-electron chi connectivity index (χ2n) is 1.77. The zero-order chi connectivity index (χ0) is 7.98. The monoisotopic (exact) mass is 207 g/mol. The van der Waals surface area contributed by atoms with Crippen LogP contribution in [0.5, 0.6) is 0 Å². The zero-order valence-electron chi connectivity index (χ0n) is 5.72. The molecular formula is C6H10BrNO2. The molecule has 0 fully saturated rings. The van der Waals surface area contributed by atoms with E-state index < -0.39 is 0 Å². The van der Waals surface area contributed by atoms with Crippen LogP contribution in [0.15, 0.2) is 10.6 Å². The highest BCUT2D eigenvalue weighted by Crippen LogP contribution is 1.95. The van der Waals surface area contributed by atoms with Crippen molar-refractivity contribution in [1.29, 1.82) is 0 Å². The van der Waals surface area contributed by atoms with E-state index in [4.69, 9.17) is 5.11 Å². The number of amides is 1. The van der Waals surface area contributed by atoms with Crippen molar-refractivity contribution in [1.82, 2.24) is 5.32 Å². The summed E-state index contributed by atoms with van der Waals surface area (Å²) in [6.07, 6.45) is 0. The summed E-state index contributed by atoms with van der Waals surface area (Å²) in [5.41, 5.74) is 0.591. The first-order chi connectivity index (χ1) is 4.72. The number of carbonyl (C=O) groups excluding carboxylic acids is 1. The van der Waals surface area contributed by atoms with E-state index in [0.29, 0.717) is 12.1 Å². The predicted octanol–water partition coefficient (Wildman–Crippen LogP) is 0.394. The first-order valence-electron chi connectivity index (χ1n) is 2.88. The summed E-state index contributed by atoms with van der Waals surface area (Å²) >= 11 is 3.02. The van der Waals surface area contributed by atoms with Gasteiger partial charge in [0.05, 0.1) is 6.61 Å². The van der Waals surface area contributed by atoms with E-state index in [-0.39, 0.29) is 12.5 Å². The number of hydrogen-bond acceptors (Lipinski definition) is 2. The van der Waals surface area contributed by atoms with Crippen LogP contribution in [0.25, 0.3) is 0 Å². The summed E-state index contributed by atoms with van der Waals surface area (Å²) in [5.74, 6) is -0.161. The third kappa shape index (κ3) is 3.63. The second kappa shape index (κ2) is 5.44. The van der Waals surface area contributed by atoms with Gasteiger partial charge in [-0.1, -0.05) is 15.9 Å². The summed E-state index contributed by atoms with van der Waals surface area (Å²) < 4.78 is 0. The van der Waals surface area contributed by atoms with Crippen LogP contribution in [-0.2, 0) is 4.79 Å². The molecule has 0 radical (unpaired) electrons. The normalized spacial score (nSPS) is 11.3. The Hall–Kier alpha value is -0.350. The van der Waals surface area contributed by atoms with Crippen molar-refractivity contribution in [2.75, 3.05) is 13.2 Å². The summed E-state index contributed by atoms with van der Waals surface area (Å²) in [6.45, 7) is 1.96. The van der Waals surface area contributed by atoms with Crippen LogP contribution in [0.1, 0.15) is 6.92 Å². The van der Waals surface area contributed by atoms with Crippen molar-refractivity contribution in [3.05, 3.63) is 10.6 Å². The van der Waals surface area contributed by atoms with Gasteiger partial charge in [0, 0.05) is 12.1 Å². The molecule has 2 N–H and O–H groups in total. The number of hydrogen-bond donors (Lipinski definition) is 2. The van der Waals surface area contributed by atoms with Crippen molar-refractivity contribution in [3.63, 3.8) is 0 Å². The van der Waals surface area contributed by atoms with E-state index in [0.717, 1.165) is 0 Å². The molecule has 3 nitrogen and oxygen atoms in total. The standard InChI is InChI=1S/C6H10BrNO2/c1-5(4-7)6(10)8-2-3-9/h4,9H,2-3H2,1H3,(H,8,10). The van der Waals surface area contributed by atoms with Crippen molar-refractivity contribution in [2.45, 2.75) is 6.92 Å². The molecule has 10 heavy (non-hydrogen) atoms. The molecular weight excluding hydrogens is 198 g/mol. The quantitative estimate of drug-likeness (QED) is 0.659. The van der Waals surface area contributed by atoms with Gasteiger partial charge in [-0.2, -0.15) is 0 Å². The van der Waals surface area contributed by atoms with Gasteiger partial charge in [0.2, 0.25) is 5.91 Å². The summed E-state index contributed by atoms with van der Waals surface area (Å²) in [6, 6.07) is 0. The molecule has 0 aromatic rings. The maximum atomic E-state index is 10.8. The fraction of sp³-hybridized carbons (Fsp3) is 0.500. The predicted molar refractivity (Wildman–Crippen MR) is 42.8 cm³/mol. The largest absolute Gasteiger partial charge is 0.395 e. The number of aliphatic hydroxyl groups is 1. The highest BCUT2D eigenvalue weighted by Gasteiger charge is 1.99. The second-order valence-corrected chi connectivity index (χ2v) is 2.23. The van der Waals surface area contributed by atoms with Crippen LogP contribution < -0.4 is 5.32 Å². The molecule has 58 valence electrons. The molecule has 0 rings (SSSR count). The minimum atomic E-state index is -0.161. The highest BCUT2D eigenvalue weighted by molar-refractivity contribution is 9.11. The molecule has 0 aliphatic rings. The Bertz CT molecular complexity index is 145. The minimum Gasteiger partial charge on any atom is -0.395 e. The van der Waals surface area contributed by atoms with Crippen molar-refractivity contribution in [3.8, 4) is 0 Å². The van der Waals surface area contributed by atoms with E-state index in [1.54, 1.807) is 11.9 Å². The molecule has 0 atom stereocenters. The first-order valence-corrected chi connectivity index (χ1v) is 3.80. The SMILES string of the molecule is CC(=CBr)C(=O)NCCO. The smallest absolute Gasteiger partial charge is 0.247 e. The third-order valence-electron chi connectivity index (χ3n) is 0.919. The Morgan fingerprint density at radius 1 is 1.80 bits per heavy atom. The maximum absolute atomic E-state index is 10.8. The molecule has 0 spiro atoms. The molecule has 0 saturated carbocycles. The van der Waals surface area contributed by atoms with Crippen LogP contribution in [0.2, 0.25) is 0 Å². The Morgan fingerprint density at radius 3 is 2.80 bits per heavy atom. The molecule has 0 bridgehead atoms. The van der Waals surface area contributed by atoms with Crippen molar-refractivity contribution < 1.29 is 9.90 Å². The highest BCUT2D eigenvalue weighted by atomic mass is 79.9. The molecule has 0 aliphatic heterocycles. The Kier molecular flexibility index (Phi) is 5.25. The lowest BCUT2D eigenvalue weighted by Crippen LogP contribution is -2.26. The topological polar surface area (TPSA) is 49.3 Å².